The topological polar surface area (TPSA) is 80.1 Å². The van der Waals surface area contributed by atoms with E-state index in [1.807, 2.05) is 20.8 Å². The first kappa shape index (κ1) is 20.9. The maximum absolute atomic E-state index is 10.8. The predicted octanol–water partition coefficient (Wildman–Crippen LogP) is 4.67. The van der Waals surface area contributed by atoms with Gasteiger partial charge in [0, 0.05) is 24.8 Å². The van der Waals surface area contributed by atoms with Crippen LogP contribution in [0.2, 0.25) is 0 Å². The molecular formula is C22H27NO6. The Morgan fingerprint density at radius 3 is 2.41 bits per heavy atom. The summed E-state index contributed by atoms with van der Waals surface area (Å²) in [6, 6.07) is 6.09. The van der Waals surface area contributed by atoms with Gasteiger partial charge in [0.05, 0.1) is 4.92 Å². The van der Waals surface area contributed by atoms with E-state index in [0.717, 1.165) is 46.6 Å². The van der Waals surface area contributed by atoms with Crippen LogP contribution in [0.4, 0.5) is 5.69 Å². The Balaban J connectivity index is 1.78. The largest absolute Gasteiger partial charge is 0.489 e. The molecule has 0 saturated heterocycles. The van der Waals surface area contributed by atoms with E-state index in [-0.39, 0.29) is 12.5 Å². The van der Waals surface area contributed by atoms with E-state index in [1.165, 1.54) is 12.1 Å². The summed E-state index contributed by atoms with van der Waals surface area (Å²) in [5.41, 5.74) is 3.88. The Bertz CT molecular complexity index is 909. The van der Waals surface area contributed by atoms with Gasteiger partial charge >= 0.3 is 0 Å². The Morgan fingerprint density at radius 2 is 1.79 bits per heavy atom. The predicted molar refractivity (Wildman–Crippen MR) is 109 cm³/mol. The number of non-ortho nitro benzene ring substituents is 1. The number of nitro benzene ring substituents is 1. The molecule has 0 amide bonds. The number of nitrogens with zero attached hydrogens (tertiary/aromatic N) is 1. The SMILES string of the molecule is COCOc1c(C)c(C)c2c(c1C)CCC(C)(COc1ccc([N+](=O)[O-])cc1)O2. The Labute approximate surface area is 170 Å². The van der Waals surface area contributed by atoms with Crippen molar-refractivity contribution in [3.05, 3.63) is 56.6 Å². The summed E-state index contributed by atoms with van der Waals surface area (Å²) < 4.78 is 23.2. The van der Waals surface area contributed by atoms with Crippen molar-refractivity contribution in [2.45, 2.75) is 46.1 Å². The second-order valence-electron chi connectivity index (χ2n) is 7.65. The lowest BCUT2D eigenvalue weighted by Crippen LogP contribution is -2.42. The van der Waals surface area contributed by atoms with Crippen molar-refractivity contribution < 1.29 is 23.9 Å². The van der Waals surface area contributed by atoms with Crippen molar-refractivity contribution in [3.63, 3.8) is 0 Å². The van der Waals surface area contributed by atoms with Gasteiger partial charge < -0.3 is 18.9 Å². The van der Waals surface area contributed by atoms with Crippen LogP contribution in [0.5, 0.6) is 17.2 Å². The fraction of sp³-hybridized carbons (Fsp3) is 0.455. The van der Waals surface area contributed by atoms with Crippen molar-refractivity contribution in [2.75, 3.05) is 20.5 Å². The second-order valence-corrected chi connectivity index (χ2v) is 7.65. The highest BCUT2D eigenvalue weighted by Gasteiger charge is 2.35. The van der Waals surface area contributed by atoms with Crippen molar-refractivity contribution in [1.29, 1.82) is 0 Å². The molecule has 0 fully saturated rings. The van der Waals surface area contributed by atoms with Crippen LogP contribution < -0.4 is 14.2 Å². The summed E-state index contributed by atoms with van der Waals surface area (Å²) >= 11 is 0. The molecule has 0 saturated carbocycles. The van der Waals surface area contributed by atoms with Crippen LogP contribution in [0.1, 0.15) is 35.6 Å². The average molecular weight is 401 g/mol. The summed E-state index contributed by atoms with van der Waals surface area (Å²) in [5.74, 6) is 2.34. The molecule has 1 unspecified atom stereocenters. The first-order valence-corrected chi connectivity index (χ1v) is 9.56. The molecule has 0 aromatic heterocycles. The summed E-state index contributed by atoms with van der Waals surface area (Å²) in [5, 5.41) is 10.8. The van der Waals surface area contributed by atoms with E-state index in [1.54, 1.807) is 19.2 Å². The van der Waals surface area contributed by atoms with Crippen LogP contribution in [0.25, 0.3) is 0 Å². The van der Waals surface area contributed by atoms with Gasteiger partial charge in [0.25, 0.3) is 5.69 Å². The molecule has 2 aromatic carbocycles. The zero-order chi connectivity index (χ0) is 21.2. The van der Waals surface area contributed by atoms with Gasteiger partial charge in [-0.15, -0.1) is 0 Å². The summed E-state index contributed by atoms with van der Waals surface area (Å²) in [4.78, 5) is 10.4. The standard InChI is InChI=1S/C22H27NO6/c1-14-15(2)21-19(16(3)20(14)28-13-26-5)10-11-22(4,29-21)12-27-18-8-6-17(7-9-18)23(24)25/h6-9H,10-13H2,1-5H3. The van der Waals surface area contributed by atoms with E-state index in [9.17, 15) is 10.1 Å². The van der Waals surface area contributed by atoms with Crippen LogP contribution in [0.3, 0.4) is 0 Å². The van der Waals surface area contributed by atoms with E-state index in [0.29, 0.717) is 12.4 Å². The molecule has 3 rings (SSSR count). The third-order valence-electron chi connectivity index (χ3n) is 5.48. The highest BCUT2D eigenvalue weighted by Crippen LogP contribution is 2.43. The minimum atomic E-state index is -0.493. The summed E-state index contributed by atoms with van der Waals surface area (Å²) in [6.07, 6.45) is 1.64. The third kappa shape index (κ3) is 4.29. The van der Waals surface area contributed by atoms with E-state index >= 15 is 0 Å². The average Bonchev–Trinajstić information content (AvgIpc) is 2.71. The first-order valence-electron chi connectivity index (χ1n) is 9.56. The van der Waals surface area contributed by atoms with Crippen LogP contribution >= 0.6 is 0 Å². The number of ether oxygens (including phenoxy) is 4. The van der Waals surface area contributed by atoms with Gasteiger partial charge in [0.1, 0.15) is 29.5 Å². The van der Waals surface area contributed by atoms with Crippen LogP contribution in [0.15, 0.2) is 24.3 Å². The molecule has 156 valence electrons. The molecule has 29 heavy (non-hydrogen) atoms. The Kier molecular flexibility index (Phi) is 5.98. The zero-order valence-electron chi connectivity index (χ0n) is 17.5. The van der Waals surface area contributed by atoms with E-state index in [2.05, 4.69) is 6.92 Å². The summed E-state index contributed by atoms with van der Waals surface area (Å²) in [6.45, 7) is 8.70. The monoisotopic (exact) mass is 401 g/mol. The highest BCUT2D eigenvalue weighted by molar-refractivity contribution is 5.59. The number of benzene rings is 2. The highest BCUT2D eigenvalue weighted by atomic mass is 16.7. The van der Waals surface area contributed by atoms with Gasteiger partial charge in [0.15, 0.2) is 6.79 Å². The molecule has 0 N–H and O–H groups in total. The molecule has 2 aromatic rings. The van der Waals surface area contributed by atoms with Crippen molar-refractivity contribution >= 4 is 5.69 Å². The van der Waals surface area contributed by atoms with Crippen molar-refractivity contribution in [3.8, 4) is 17.2 Å². The van der Waals surface area contributed by atoms with Crippen molar-refractivity contribution in [1.82, 2.24) is 0 Å². The fourth-order valence-corrected chi connectivity index (χ4v) is 3.62. The van der Waals surface area contributed by atoms with Gasteiger partial charge in [-0.3, -0.25) is 10.1 Å². The molecule has 7 nitrogen and oxygen atoms in total. The van der Waals surface area contributed by atoms with E-state index in [4.69, 9.17) is 18.9 Å². The molecule has 1 heterocycles. The Hall–Kier alpha value is -2.80. The quantitative estimate of drug-likeness (QED) is 0.381. The van der Waals surface area contributed by atoms with Gasteiger partial charge in [-0.25, -0.2) is 0 Å². The number of methoxy groups -OCH3 is 1. The fourth-order valence-electron chi connectivity index (χ4n) is 3.62. The van der Waals surface area contributed by atoms with Crippen LogP contribution in [-0.2, 0) is 11.2 Å². The third-order valence-corrected chi connectivity index (χ3v) is 5.48. The maximum Gasteiger partial charge on any atom is 0.269 e. The molecule has 1 aliphatic rings. The minimum absolute atomic E-state index is 0.0412. The number of fused-ring (bicyclic) bond motifs is 1. The normalized spacial score (nSPS) is 18.0. The lowest BCUT2D eigenvalue weighted by Gasteiger charge is -2.37. The molecular weight excluding hydrogens is 374 g/mol. The maximum atomic E-state index is 10.8. The second kappa shape index (κ2) is 8.29. The van der Waals surface area contributed by atoms with Crippen molar-refractivity contribution in [2.24, 2.45) is 0 Å². The first-order chi connectivity index (χ1) is 13.8. The number of hydrogen-bond donors (Lipinski definition) is 0. The molecule has 7 heteroatoms. The summed E-state index contributed by atoms with van der Waals surface area (Å²) in [7, 11) is 1.61. The van der Waals surface area contributed by atoms with Gasteiger partial charge in [-0.1, -0.05) is 0 Å². The molecule has 0 spiro atoms. The molecule has 1 atom stereocenters. The van der Waals surface area contributed by atoms with Gasteiger partial charge in [-0.2, -0.15) is 0 Å². The Morgan fingerprint density at radius 1 is 1.10 bits per heavy atom. The number of nitro groups is 1. The van der Waals surface area contributed by atoms with E-state index < -0.39 is 10.5 Å². The molecule has 0 bridgehead atoms. The zero-order valence-corrected chi connectivity index (χ0v) is 17.5. The van der Waals surface area contributed by atoms with Gasteiger partial charge in [-0.05, 0) is 69.4 Å². The molecule has 0 radical (unpaired) electrons. The van der Waals surface area contributed by atoms with Gasteiger partial charge in [0.2, 0.25) is 0 Å². The smallest absolute Gasteiger partial charge is 0.269 e. The lowest BCUT2D eigenvalue weighted by atomic mass is 9.87. The van der Waals surface area contributed by atoms with Crippen LogP contribution in [0, 0.1) is 30.9 Å². The molecule has 1 aliphatic heterocycles. The minimum Gasteiger partial charge on any atom is -0.489 e. The molecule has 0 aliphatic carbocycles. The number of rotatable bonds is 7. The lowest BCUT2D eigenvalue weighted by molar-refractivity contribution is -0.384. The van der Waals surface area contributed by atoms with Crippen LogP contribution in [-0.4, -0.2) is 31.0 Å². The number of hydrogen-bond acceptors (Lipinski definition) is 6.